The minimum Gasteiger partial charge on any atom is -0.388 e. The zero-order valence-electron chi connectivity index (χ0n) is 16.6. The number of hydrogen-bond donors (Lipinski definition) is 4. The van der Waals surface area contributed by atoms with Crippen LogP contribution >= 0.6 is 0 Å². The Morgan fingerprint density at radius 1 is 1.13 bits per heavy atom. The van der Waals surface area contributed by atoms with Gasteiger partial charge in [-0.1, -0.05) is 6.07 Å². The summed E-state index contributed by atoms with van der Waals surface area (Å²) in [5, 5.41) is 25.7. The van der Waals surface area contributed by atoms with Gasteiger partial charge in [0.15, 0.2) is 0 Å². The van der Waals surface area contributed by atoms with Crippen molar-refractivity contribution in [3.8, 4) is 0 Å². The van der Waals surface area contributed by atoms with E-state index < -0.39 is 36.1 Å². The summed E-state index contributed by atoms with van der Waals surface area (Å²) in [6.07, 6.45) is -4.34. The van der Waals surface area contributed by atoms with E-state index in [1.165, 1.54) is 18.2 Å². The molecule has 10 heteroatoms. The summed E-state index contributed by atoms with van der Waals surface area (Å²) in [6, 6.07) is 5.21. The van der Waals surface area contributed by atoms with Crippen LogP contribution < -0.4 is 10.6 Å². The van der Waals surface area contributed by atoms with Crippen molar-refractivity contribution in [2.24, 2.45) is 0 Å². The Bertz CT molecular complexity index is 730. The van der Waals surface area contributed by atoms with E-state index in [0.29, 0.717) is 26.3 Å². The third kappa shape index (κ3) is 6.19. The molecule has 0 radical (unpaired) electrons. The third-order valence-electron chi connectivity index (χ3n) is 5.25. The number of morpholine rings is 1. The number of carbonyl (C=O) groups excluding carboxylic acids is 2. The number of hydrogen-bond acceptors (Lipinski definition) is 7. The molecule has 9 nitrogen and oxygen atoms in total. The van der Waals surface area contributed by atoms with Gasteiger partial charge < -0.3 is 30.3 Å². The highest BCUT2D eigenvalue weighted by atomic mass is 19.1. The van der Waals surface area contributed by atoms with Crippen molar-refractivity contribution in [2.75, 3.05) is 45.9 Å². The second-order valence-electron chi connectivity index (χ2n) is 7.42. The number of carbonyl (C=O) groups is 2. The molecule has 1 aromatic rings. The number of halogens is 1. The first kappa shape index (κ1) is 22.6. The molecular formula is C20H28FN3O6. The smallest absolute Gasteiger partial charge is 0.251 e. The molecule has 2 fully saturated rings. The Hall–Kier alpha value is -2.11. The molecule has 0 saturated carbocycles. The first-order valence-corrected chi connectivity index (χ1v) is 10.1. The quantitative estimate of drug-likeness (QED) is 0.417. The van der Waals surface area contributed by atoms with Gasteiger partial charge in [0.2, 0.25) is 5.91 Å². The zero-order chi connectivity index (χ0) is 21.5. The topological polar surface area (TPSA) is 120 Å². The van der Waals surface area contributed by atoms with Gasteiger partial charge in [0.25, 0.3) is 5.91 Å². The van der Waals surface area contributed by atoms with E-state index in [0.717, 1.165) is 19.2 Å². The lowest BCUT2D eigenvalue weighted by Crippen LogP contribution is -2.42. The average molecular weight is 425 g/mol. The SMILES string of the molecule is O=C(CC1OC(CNC(=O)c2cccc(F)c2)C(O)C1O)NCCN1CCOCC1. The fourth-order valence-corrected chi connectivity index (χ4v) is 3.52. The van der Waals surface area contributed by atoms with Crippen LogP contribution in [0, 0.1) is 5.82 Å². The maximum Gasteiger partial charge on any atom is 0.251 e. The highest BCUT2D eigenvalue weighted by Gasteiger charge is 2.43. The molecule has 0 spiro atoms. The van der Waals surface area contributed by atoms with Crippen molar-refractivity contribution in [2.45, 2.75) is 30.8 Å². The van der Waals surface area contributed by atoms with E-state index in [2.05, 4.69) is 15.5 Å². The molecule has 3 rings (SSSR count). The van der Waals surface area contributed by atoms with Crippen LogP contribution in [0.3, 0.4) is 0 Å². The number of amides is 2. The molecular weight excluding hydrogens is 397 g/mol. The average Bonchev–Trinajstić information content (AvgIpc) is 3.00. The van der Waals surface area contributed by atoms with Gasteiger partial charge in [0.1, 0.15) is 24.1 Å². The number of aliphatic hydroxyl groups excluding tert-OH is 2. The molecule has 4 unspecified atom stereocenters. The fourth-order valence-electron chi connectivity index (χ4n) is 3.52. The summed E-state index contributed by atoms with van der Waals surface area (Å²) in [5.41, 5.74) is 0.138. The van der Waals surface area contributed by atoms with Crippen LogP contribution in [-0.4, -0.2) is 97.3 Å². The van der Waals surface area contributed by atoms with E-state index in [1.807, 2.05) is 0 Å². The number of aliphatic hydroxyl groups is 2. The summed E-state index contributed by atoms with van der Waals surface area (Å²) in [7, 11) is 0. The van der Waals surface area contributed by atoms with Crippen LogP contribution in [0.1, 0.15) is 16.8 Å². The van der Waals surface area contributed by atoms with Gasteiger partial charge in [-0.15, -0.1) is 0 Å². The van der Waals surface area contributed by atoms with Gasteiger partial charge in [-0.25, -0.2) is 4.39 Å². The van der Waals surface area contributed by atoms with Gasteiger partial charge in [0, 0.05) is 38.3 Å². The van der Waals surface area contributed by atoms with Crippen molar-refractivity contribution >= 4 is 11.8 Å². The van der Waals surface area contributed by atoms with Crippen LogP contribution in [0.2, 0.25) is 0 Å². The molecule has 2 amide bonds. The Morgan fingerprint density at radius 2 is 1.87 bits per heavy atom. The number of nitrogens with one attached hydrogen (secondary N) is 2. The number of ether oxygens (including phenoxy) is 2. The van der Waals surface area contributed by atoms with Gasteiger partial charge >= 0.3 is 0 Å². The van der Waals surface area contributed by atoms with Crippen LogP contribution in [0.25, 0.3) is 0 Å². The monoisotopic (exact) mass is 425 g/mol. The van der Waals surface area contributed by atoms with Crippen molar-refractivity contribution in [3.63, 3.8) is 0 Å². The lowest BCUT2D eigenvalue weighted by atomic mass is 10.1. The summed E-state index contributed by atoms with van der Waals surface area (Å²) in [4.78, 5) is 26.4. The second kappa shape index (κ2) is 10.8. The molecule has 30 heavy (non-hydrogen) atoms. The standard InChI is InChI=1S/C20H28FN3O6/c21-14-3-1-2-13(10-14)20(28)23-12-16-19(27)18(26)15(30-16)11-17(25)22-4-5-24-6-8-29-9-7-24/h1-3,10,15-16,18-19,26-27H,4-9,11-12H2,(H,22,25)(H,23,28). The number of rotatable bonds is 8. The summed E-state index contributed by atoms with van der Waals surface area (Å²) >= 11 is 0. The van der Waals surface area contributed by atoms with E-state index >= 15 is 0 Å². The molecule has 4 atom stereocenters. The second-order valence-corrected chi connectivity index (χ2v) is 7.42. The highest BCUT2D eigenvalue weighted by molar-refractivity contribution is 5.94. The molecule has 0 aromatic heterocycles. The van der Waals surface area contributed by atoms with Crippen molar-refractivity contribution in [3.05, 3.63) is 35.6 Å². The molecule has 2 saturated heterocycles. The summed E-state index contributed by atoms with van der Waals surface area (Å²) in [5.74, 6) is -1.34. The van der Waals surface area contributed by atoms with Crippen LogP contribution in [0.15, 0.2) is 24.3 Å². The van der Waals surface area contributed by atoms with Gasteiger partial charge in [0.05, 0.1) is 25.7 Å². The van der Waals surface area contributed by atoms with Crippen molar-refractivity contribution in [1.82, 2.24) is 15.5 Å². The number of nitrogens with zero attached hydrogens (tertiary/aromatic N) is 1. The largest absolute Gasteiger partial charge is 0.388 e. The van der Waals surface area contributed by atoms with Crippen molar-refractivity contribution < 1.29 is 33.7 Å². The molecule has 2 aliphatic heterocycles. The van der Waals surface area contributed by atoms with E-state index in [-0.39, 0.29) is 24.4 Å². The van der Waals surface area contributed by atoms with Crippen molar-refractivity contribution in [1.29, 1.82) is 0 Å². The fraction of sp³-hybridized carbons (Fsp3) is 0.600. The third-order valence-corrected chi connectivity index (χ3v) is 5.25. The predicted molar refractivity (Wildman–Crippen MR) is 104 cm³/mol. The van der Waals surface area contributed by atoms with Gasteiger partial charge in [-0.3, -0.25) is 14.5 Å². The first-order valence-electron chi connectivity index (χ1n) is 10.1. The molecule has 0 aliphatic carbocycles. The van der Waals surface area contributed by atoms with E-state index in [1.54, 1.807) is 0 Å². The maximum atomic E-state index is 13.2. The van der Waals surface area contributed by atoms with Gasteiger partial charge in [-0.2, -0.15) is 0 Å². The molecule has 166 valence electrons. The molecule has 2 heterocycles. The summed E-state index contributed by atoms with van der Waals surface area (Å²) in [6.45, 7) is 4.13. The Morgan fingerprint density at radius 3 is 2.60 bits per heavy atom. The molecule has 1 aromatic carbocycles. The zero-order valence-corrected chi connectivity index (χ0v) is 16.6. The minimum atomic E-state index is -1.25. The summed E-state index contributed by atoms with van der Waals surface area (Å²) < 4.78 is 24.1. The van der Waals surface area contributed by atoms with E-state index in [4.69, 9.17) is 9.47 Å². The van der Waals surface area contributed by atoms with Crippen LogP contribution in [0.4, 0.5) is 4.39 Å². The van der Waals surface area contributed by atoms with Gasteiger partial charge in [-0.05, 0) is 18.2 Å². The van der Waals surface area contributed by atoms with E-state index in [9.17, 15) is 24.2 Å². The predicted octanol–water partition coefficient (Wildman–Crippen LogP) is -1.12. The highest BCUT2D eigenvalue weighted by Crippen LogP contribution is 2.23. The van der Waals surface area contributed by atoms with Crippen LogP contribution in [-0.2, 0) is 14.3 Å². The van der Waals surface area contributed by atoms with Crippen LogP contribution in [0.5, 0.6) is 0 Å². The molecule has 2 aliphatic rings. The maximum absolute atomic E-state index is 13.2. The minimum absolute atomic E-state index is 0.0806. The Kier molecular flexibility index (Phi) is 8.11. The Labute approximate surface area is 174 Å². The normalized spacial score (nSPS) is 27.0. The first-order chi connectivity index (χ1) is 14.4. The molecule has 4 N–H and O–H groups in total. The Balaban J connectivity index is 1.40. The lowest BCUT2D eigenvalue weighted by molar-refractivity contribution is -0.125. The lowest BCUT2D eigenvalue weighted by Gasteiger charge is -2.26. The number of benzene rings is 1. The molecule has 0 bridgehead atoms.